The first-order valence-electron chi connectivity index (χ1n) is 5.19. The Morgan fingerprint density at radius 1 is 1.27 bits per heavy atom. The minimum absolute atomic E-state index is 0.758. The minimum Gasteiger partial charge on any atom is -0.0654 e. The lowest BCUT2D eigenvalue weighted by Gasteiger charge is -2.17. The molecule has 1 unspecified atom stereocenters. The molecule has 0 aromatic carbocycles. The summed E-state index contributed by atoms with van der Waals surface area (Å²) < 4.78 is 0. The van der Waals surface area contributed by atoms with Gasteiger partial charge in [-0.05, 0) is 24.2 Å². The molecular formula is C11H22. The fourth-order valence-electron chi connectivity index (χ4n) is 1.74. The third-order valence-electron chi connectivity index (χ3n) is 3.47. The van der Waals surface area contributed by atoms with Gasteiger partial charge >= 0.3 is 0 Å². The van der Waals surface area contributed by atoms with Gasteiger partial charge in [0, 0.05) is 0 Å². The van der Waals surface area contributed by atoms with Crippen LogP contribution >= 0.6 is 0 Å². The van der Waals surface area contributed by atoms with Gasteiger partial charge in [0.2, 0.25) is 0 Å². The Morgan fingerprint density at radius 3 is 2.36 bits per heavy atom. The van der Waals surface area contributed by atoms with E-state index in [1.165, 1.54) is 38.5 Å². The predicted molar refractivity (Wildman–Crippen MR) is 50.6 cm³/mol. The average molecular weight is 154 g/mol. The van der Waals surface area contributed by atoms with Crippen LogP contribution in [0.3, 0.4) is 0 Å². The molecule has 1 atom stereocenters. The summed E-state index contributed by atoms with van der Waals surface area (Å²) in [4.78, 5) is 0. The molecule has 0 heterocycles. The number of rotatable bonds is 5. The Balaban J connectivity index is 2.06. The smallest absolute Gasteiger partial charge is 0.0300 e. The van der Waals surface area contributed by atoms with Crippen LogP contribution in [0.25, 0.3) is 0 Å². The maximum absolute atomic E-state index is 2.45. The van der Waals surface area contributed by atoms with Crippen molar-refractivity contribution in [2.24, 2.45) is 11.3 Å². The van der Waals surface area contributed by atoms with Crippen LogP contribution in [-0.2, 0) is 0 Å². The van der Waals surface area contributed by atoms with E-state index in [-0.39, 0.29) is 0 Å². The lowest BCUT2D eigenvalue weighted by molar-refractivity contribution is 0.331. The monoisotopic (exact) mass is 154 g/mol. The molecule has 1 aliphatic carbocycles. The van der Waals surface area contributed by atoms with Crippen LogP contribution in [0.1, 0.15) is 59.3 Å². The van der Waals surface area contributed by atoms with Crippen LogP contribution in [0.2, 0.25) is 0 Å². The standard InChI is InChI=1S/C11H22/c1-4-5-6-7-10(2)11(3)8-9-11/h10H,4-9H2,1-3H3. The molecule has 0 amide bonds. The van der Waals surface area contributed by atoms with Crippen LogP contribution in [0.4, 0.5) is 0 Å². The van der Waals surface area contributed by atoms with E-state index in [0.29, 0.717) is 0 Å². The first-order valence-corrected chi connectivity index (χ1v) is 5.19. The summed E-state index contributed by atoms with van der Waals surface area (Å²) in [5.41, 5.74) is 0.758. The van der Waals surface area contributed by atoms with E-state index in [2.05, 4.69) is 20.8 Å². The van der Waals surface area contributed by atoms with Crippen molar-refractivity contribution < 1.29 is 0 Å². The van der Waals surface area contributed by atoms with Crippen molar-refractivity contribution in [2.45, 2.75) is 59.3 Å². The molecular weight excluding hydrogens is 132 g/mol. The minimum atomic E-state index is 0.758. The molecule has 0 spiro atoms. The highest BCUT2D eigenvalue weighted by atomic mass is 14.5. The van der Waals surface area contributed by atoms with E-state index in [4.69, 9.17) is 0 Å². The Hall–Kier alpha value is 0. The van der Waals surface area contributed by atoms with Crippen molar-refractivity contribution >= 4 is 0 Å². The highest BCUT2D eigenvalue weighted by molar-refractivity contribution is 4.92. The summed E-state index contributed by atoms with van der Waals surface area (Å²) in [7, 11) is 0. The molecule has 0 N–H and O–H groups in total. The van der Waals surface area contributed by atoms with Gasteiger partial charge in [-0.2, -0.15) is 0 Å². The van der Waals surface area contributed by atoms with Gasteiger partial charge in [-0.15, -0.1) is 0 Å². The molecule has 0 saturated heterocycles. The fraction of sp³-hybridized carbons (Fsp3) is 1.00. The van der Waals surface area contributed by atoms with Crippen LogP contribution in [0.5, 0.6) is 0 Å². The summed E-state index contributed by atoms with van der Waals surface area (Å²) in [6, 6.07) is 0. The van der Waals surface area contributed by atoms with Crippen molar-refractivity contribution in [3.8, 4) is 0 Å². The average Bonchev–Trinajstić information content (AvgIpc) is 2.70. The Bertz CT molecular complexity index is 111. The molecule has 0 heteroatoms. The topological polar surface area (TPSA) is 0 Å². The van der Waals surface area contributed by atoms with Gasteiger partial charge in [0.05, 0.1) is 0 Å². The first-order chi connectivity index (χ1) is 5.19. The van der Waals surface area contributed by atoms with Crippen molar-refractivity contribution in [3.05, 3.63) is 0 Å². The summed E-state index contributed by atoms with van der Waals surface area (Å²) >= 11 is 0. The molecule has 0 aromatic rings. The maximum atomic E-state index is 2.45. The molecule has 0 nitrogen and oxygen atoms in total. The summed E-state index contributed by atoms with van der Waals surface area (Å²) in [6.07, 6.45) is 8.68. The molecule has 1 saturated carbocycles. The first kappa shape index (κ1) is 9.09. The van der Waals surface area contributed by atoms with E-state index in [0.717, 1.165) is 11.3 Å². The second-order valence-electron chi connectivity index (χ2n) is 4.55. The quantitative estimate of drug-likeness (QED) is 0.525. The maximum Gasteiger partial charge on any atom is -0.0300 e. The Labute approximate surface area is 71.4 Å². The zero-order valence-corrected chi connectivity index (χ0v) is 8.32. The van der Waals surface area contributed by atoms with E-state index in [9.17, 15) is 0 Å². The molecule has 0 aromatic heterocycles. The molecule has 1 fully saturated rings. The molecule has 1 rings (SSSR count). The highest BCUT2D eigenvalue weighted by Crippen LogP contribution is 2.52. The van der Waals surface area contributed by atoms with Crippen molar-refractivity contribution in [2.75, 3.05) is 0 Å². The van der Waals surface area contributed by atoms with E-state index < -0.39 is 0 Å². The normalized spacial score (nSPS) is 23.2. The SMILES string of the molecule is CCCCCC(C)C1(C)CC1. The van der Waals surface area contributed by atoms with E-state index in [1.807, 2.05) is 0 Å². The van der Waals surface area contributed by atoms with Gasteiger partial charge in [-0.3, -0.25) is 0 Å². The summed E-state index contributed by atoms with van der Waals surface area (Å²) in [5, 5.41) is 0. The summed E-state index contributed by atoms with van der Waals surface area (Å²) in [6.45, 7) is 7.16. The summed E-state index contributed by atoms with van der Waals surface area (Å²) in [5.74, 6) is 0.981. The Morgan fingerprint density at radius 2 is 1.91 bits per heavy atom. The van der Waals surface area contributed by atoms with Crippen LogP contribution in [-0.4, -0.2) is 0 Å². The van der Waals surface area contributed by atoms with Crippen molar-refractivity contribution in [3.63, 3.8) is 0 Å². The second kappa shape index (κ2) is 3.60. The third-order valence-corrected chi connectivity index (χ3v) is 3.47. The molecule has 66 valence electrons. The largest absolute Gasteiger partial charge is 0.0654 e. The Kier molecular flexibility index (Phi) is 2.98. The number of hydrogen-bond acceptors (Lipinski definition) is 0. The molecule has 0 bridgehead atoms. The van der Waals surface area contributed by atoms with Gasteiger partial charge in [-0.1, -0.05) is 46.5 Å². The third kappa shape index (κ3) is 2.50. The van der Waals surface area contributed by atoms with Gasteiger partial charge < -0.3 is 0 Å². The lowest BCUT2D eigenvalue weighted by atomic mass is 9.88. The molecule has 11 heavy (non-hydrogen) atoms. The van der Waals surface area contributed by atoms with Gasteiger partial charge in [0.15, 0.2) is 0 Å². The number of hydrogen-bond donors (Lipinski definition) is 0. The number of unbranched alkanes of at least 4 members (excludes halogenated alkanes) is 2. The van der Waals surface area contributed by atoms with Gasteiger partial charge in [0.25, 0.3) is 0 Å². The van der Waals surface area contributed by atoms with Crippen LogP contribution in [0, 0.1) is 11.3 Å². The zero-order valence-electron chi connectivity index (χ0n) is 8.32. The van der Waals surface area contributed by atoms with Crippen LogP contribution < -0.4 is 0 Å². The van der Waals surface area contributed by atoms with E-state index >= 15 is 0 Å². The second-order valence-corrected chi connectivity index (χ2v) is 4.55. The fourth-order valence-corrected chi connectivity index (χ4v) is 1.74. The van der Waals surface area contributed by atoms with Crippen molar-refractivity contribution in [1.82, 2.24) is 0 Å². The molecule has 0 radical (unpaired) electrons. The highest BCUT2D eigenvalue weighted by Gasteiger charge is 2.41. The molecule has 1 aliphatic rings. The van der Waals surface area contributed by atoms with Gasteiger partial charge in [-0.25, -0.2) is 0 Å². The molecule has 0 aliphatic heterocycles. The predicted octanol–water partition coefficient (Wildman–Crippen LogP) is 4.00. The van der Waals surface area contributed by atoms with Crippen molar-refractivity contribution in [1.29, 1.82) is 0 Å². The van der Waals surface area contributed by atoms with E-state index in [1.54, 1.807) is 0 Å². The zero-order chi connectivity index (χ0) is 8.32. The van der Waals surface area contributed by atoms with Crippen LogP contribution in [0.15, 0.2) is 0 Å². The van der Waals surface area contributed by atoms with Gasteiger partial charge in [0.1, 0.15) is 0 Å². The lowest BCUT2D eigenvalue weighted by Crippen LogP contribution is -2.07.